The molecule has 0 amide bonds. The maximum Gasteiger partial charge on any atom is 0.240 e. The predicted molar refractivity (Wildman–Crippen MR) is 115 cm³/mol. The topological polar surface area (TPSA) is 69.6 Å². The van der Waals surface area contributed by atoms with Gasteiger partial charge in [0.05, 0.1) is 16.7 Å². The summed E-state index contributed by atoms with van der Waals surface area (Å²) in [6.45, 7) is 8.62. The highest BCUT2D eigenvalue weighted by Crippen LogP contribution is 2.55. The molecular formula is C21H31BrN2O3S. The summed E-state index contributed by atoms with van der Waals surface area (Å²) in [5.41, 5.74) is 1.49. The molecule has 28 heavy (non-hydrogen) atoms. The Kier molecular flexibility index (Phi) is 5.35. The van der Waals surface area contributed by atoms with E-state index in [4.69, 9.17) is 0 Å². The van der Waals surface area contributed by atoms with Crippen molar-refractivity contribution in [2.45, 2.75) is 63.5 Å². The van der Waals surface area contributed by atoms with Crippen LogP contribution in [0.1, 0.15) is 46.5 Å². The van der Waals surface area contributed by atoms with E-state index >= 15 is 0 Å². The van der Waals surface area contributed by atoms with Crippen molar-refractivity contribution in [3.05, 3.63) is 22.7 Å². The van der Waals surface area contributed by atoms with E-state index in [0.29, 0.717) is 5.41 Å². The van der Waals surface area contributed by atoms with E-state index < -0.39 is 16.1 Å². The van der Waals surface area contributed by atoms with E-state index in [1.807, 2.05) is 13.0 Å². The molecule has 7 heteroatoms. The maximum atomic E-state index is 12.9. The van der Waals surface area contributed by atoms with Gasteiger partial charge in [-0.15, -0.1) is 0 Å². The molecule has 1 saturated heterocycles. The monoisotopic (exact) mass is 470 g/mol. The molecule has 1 aliphatic heterocycles. The summed E-state index contributed by atoms with van der Waals surface area (Å²) in [6.07, 6.45) is 3.42. The fourth-order valence-electron chi connectivity index (χ4n) is 5.69. The van der Waals surface area contributed by atoms with Gasteiger partial charge in [0, 0.05) is 29.5 Å². The van der Waals surface area contributed by atoms with Gasteiger partial charge in [-0.2, -0.15) is 0 Å². The Hall–Kier alpha value is -0.630. The molecule has 2 saturated carbocycles. The first-order chi connectivity index (χ1) is 13.1. The number of fused-ring (bicyclic) bond motifs is 1. The first-order valence-electron chi connectivity index (χ1n) is 10.3. The molecule has 3 fully saturated rings. The summed E-state index contributed by atoms with van der Waals surface area (Å²) in [5.74, 6) is 1.47. The summed E-state index contributed by atoms with van der Waals surface area (Å²) in [6, 6.07) is 5.05. The molecular weight excluding hydrogens is 440 g/mol. The summed E-state index contributed by atoms with van der Waals surface area (Å²) in [5, 5.41) is 10.1. The molecule has 0 unspecified atom stereocenters. The van der Waals surface area contributed by atoms with Crippen LogP contribution in [0.25, 0.3) is 0 Å². The van der Waals surface area contributed by atoms with Crippen molar-refractivity contribution in [1.29, 1.82) is 0 Å². The number of nitrogens with one attached hydrogen (secondary N) is 1. The van der Waals surface area contributed by atoms with Gasteiger partial charge in [0.1, 0.15) is 0 Å². The third kappa shape index (κ3) is 3.64. The molecule has 156 valence electrons. The molecule has 0 spiro atoms. The summed E-state index contributed by atoms with van der Waals surface area (Å²) >= 11 is 3.61. The van der Waals surface area contributed by atoms with Crippen LogP contribution in [0.5, 0.6) is 0 Å². The van der Waals surface area contributed by atoms with Gasteiger partial charge < -0.3 is 10.0 Å². The van der Waals surface area contributed by atoms with E-state index in [2.05, 4.69) is 39.4 Å². The fourth-order valence-corrected chi connectivity index (χ4v) is 7.79. The SMILES string of the molecule is C[C@@H](NS(=O)(=O)c1ccc(N2C[C@@H]3CC(C)(C)[C@@H]3C2)c(Br)c1)[C@@H]1CCC[C@@H]1O. The molecule has 0 bridgehead atoms. The van der Waals surface area contributed by atoms with Crippen molar-refractivity contribution in [2.24, 2.45) is 23.2 Å². The van der Waals surface area contributed by atoms with Crippen molar-refractivity contribution in [3.63, 3.8) is 0 Å². The highest BCUT2D eigenvalue weighted by molar-refractivity contribution is 9.10. The lowest BCUT2D eigenvalue weighted by Crippen LogP contribution is -2.42. The number of halogens is 1. The average molecular weight is 471 g/mol. The highest BCUT2D eigenvalue weighted by atomic mass is 79.9. The van der Waals surface area contributed by atoms with Crippen LogP contribution in [0.4, 0.5) is 5.69 Å². The van der Waals surface area contributed by atoms with E-state index in [1.54, 1.807) is 12.1 Å². The Labute approximate surface area is 177 Å². The molecule has 5 atom stereocenters. The Morgan fingerprint density at radius 2 is 2.04 bits per heavy atom. The van der Waals surface area contributed by atoms with E-state index in [-0.39, 0.29) is 16.9 Å². The molecule has 1 aromatic rings. The smallest absolute Gasteiger partial charge is 0.240 e. The van der Waals surface area contributed by atoms with Crippen LogP contribution < -0.4 is 9.62 Å². The molecule has 2 aliphatic carbocycles. The molecule has 1 heterocycles. The predicted octanol–water partition coefficient (Wildman–Crippen LogP) is 3.76. The van der Waals surface area contributed by atoms with Crippen LogP contribution in [-0.2, 0) is 10.0 Å². The minimum atomic E-state index is -3.62. The van der Waals surface area contributed by atoms with Gasteiger partial charge in [-0.1, -0.05) is 20.3 Å². The molecule has 2 N–H and O–H groups in total. The average Bonchev–Trinajstić information content (AvgIpc) is 3.18. The van der Waals surface area contributed by atoms with Gasteiger partial charge in [-0.3, -0.25) is 0 Å². The zero-order valence-electron chi connectivity index (χ0n) is 16.9. The number of aliphatic hydroxyl groups is 1. The van der Waals surface area contributed by atoms with Crippen LogP contribution in [0.2, 0.25) is 0 Å². The zero-order chi connectivity index (χ0) is 20.3. The molecule has 4 rings (SSSR count). The summed E-state index contributed by atoms with van der Waals surface area (Å²) in [4.78, 5) is 2.65. The van der Waals surface area contributed by atoms with Crippen LogP contribution in [0, 0.1) is 23.2 Å². The van der Waals surface area contributed by atoms with Crippen molar-refractivity contribution in [3.8, 4) is 0 Å². The van der Waals surface area contributed by atoms with Gasteiger partial charge in [0.25, 0.3) is 0 Å². The highest BCUT2D eigenvalue weighted by Gasteiger charge is 2.52. The molecule has 1 aromatic carbocycles. The number of aliphatic hydroxyl groups excluding tert-OH is 1. The Balaban J connectivity index is 1.48. The first kappa shape index (κ1) is 20.6. The molecule has 0 aromatic heterocycles. The van der Waals surface area contributed by atoms with Gasteiger partial charge in [0.15, 0.2) is 0 Å². The molecule has 5 nitrogen and oxygen atoms in total. The van der Waals surface area contributed by atoms with Crippen LogP contribution in [0.3, 0.4) is 0 Å². The standard InChI is InChI=1S/C21H31BrN2O3S/c1-13(16-5-4-6-20(16)25)23-28(26,27)15-7-8-19(18(22)9-15)24-11-14-10-21(2,3)17(14)12-24/h7-9,13-14,16-17,20,23,25H,4-6,10-12H2,1-3H3/t13-,14+,16+,17-,20+/m1/s1. The summed E-state index contributed by atoms with van der Waals surface area (Å²) < 4.78 is 29.3. The zero-order valence-corrected chi connectivity index (χ0v) is 19.3. The lowest BCUT2D eigenvalue weighted by atomic mass is 9.57. The van der Waals surface area contributed by atoms with E-state index in [0.717, 1.165) is 54.3 Å². The Bertz CT molecular complexity index is 857. The van der Waals surface area contributed by atoms with Crippen molar-refractivity contribution < 1.29 is 13.5 Å². The third-order valence-corrected chi connectivity index (χ3v) is 9.51. The van der Waals surface area contributed by atoms with Crippen LogP contribution >= 0.6 is 15.9 Å². The fraction of sp³-hybridized carbons (Fsp3) is 0.714. The van der Waals surface area contributed by atoms with Gasteiger partial charge in [-0.25, -0.2) is 13.1 Å². The van der Waals surface area contributed by atoms with Crippen molar-refractivity contribution in [2.75, 3.05) is 18.0 Å². The number of hydrogen-bond donors (Lipinski definition) is 2. The number of anilines is 1. The van der Waals surface area contributed by atoms with Crippen molar-refractivity contribution >= 4 is 31.6 Å². The largest absolute Gasteiger partial charge is 0.393 e. The number of benzene rings is 1. The lowest BCUT2D eigenvalue weighted by Gasteiger charge is -2.47. The van der Waals surface area contributed by atoms with Crippen molar-refractivity contribution in [1.82, 2.24) is 4.72 Å². The third-order valence-electron chi connectivity index (χ3n) is 7.32. The van der Waals surface area contributed by atoms with Gasteiger partial charge in [0.2, 0.25) is 10.0 Å². The second-order valence-electron chi connectivity index (χ2n) is 9.65. The normalized spacial score (nSPS) is 32.8. The second-order valence-corrected chi connectivity index (χ2v) is 12.2. The molecule has 3 aliphatic rings. The number of nitrogens with zero attached hydrogens (tertiary/aromatic N) is 1. The second kappa shape index (κ2) is 7.25. The van der Waals surface area contributed by atoms with Gasteiger partial charge in [-0.05, 0) is 77.6 Å². The minimum Gasteiger partial charge on any atom is -0.393 e. The molecule has 0 radical (unpaired) electrons. The Morgan fingerprint density at radius 1 is 1.29 bits per heavy atom. The van der Waals surface area contributed by atoms with Gasteiger partial charge >= 0.3 is 0 Å². The lowest BCUT2D eigenvalue weighted by molar-refractivity contribution is 0.0299. The summed E-state index contributed by atoms with van der Waals surface area (Å²) in [7, 11) is -3.62. The number of sulfonamides is 1. The Morgan fingerprint density at radius 3 is 2.61 bits per heavy atom. The van der Waals surface area contributed by atoms with E-state index in [9.17, 15) is 13.5 Å². The van der Waals surface area contributed by atoms with Crippen LogP contribution in [-0.4, -0.2) is 38.8 Å². The number of hydrogen-bond acceptors (Lipinski definition) is 4. The quantitative estimate of drug-likeness (QED) is 0.686. The number of rotatable bonds is 5. The van der Waals surface area contributed by atoms with Crippen LogP contribution in [0.15, 0.2) is 27.6 Å². The first-order valence-corrected chi connectivity index (χ1v) is 12.6. The maximum absolute atomic E-state index is 12.9. The van der Waals surface area contributed by atoms with E-state index in [1.165, 1.54) is 6.42 Å². The minimum absolute atomic E-state index is 0.0130.